The fourth-order valence-electron chi connectivity index (χ4n) is 3.49. The van der Waals surface area contributed by atoms with Crippen molar-refractivity contribution < 1.29 is 27.4 Å². The Morgan fingerprint density at radius 2 is 1.79 bits per heavy atom. The number of aliphatic hydroxyl groups is 1. The number of alkyl halides is 4. The third-order valence-electron chi connectivity index (χ3n) is 5.11. The number of nitrogens with zero attached hydrogens (tertiary/aromatic N) is 1. The molecule has 0 spiro atoms. The number of nitrogens with one attached hydrogen (secondary N) is 1. The second-order valence-electron chi connectivity index (χ2n) is 7.49. The zero-order valence-corrected chi connectivity index (χ0v) is 18.4. The molecule has 0 amide bonds. The van der Waals surface area contributed by atoms with E-state index < -0.39 is 30.1 Å². The second kappa shape index (κ2) is 10.5. The Morgan fingerprint density at radius 3 is 2.39 bits per heavy atom. The first kappa shape index (κ1) is 25.0. The van der Waals surface area contributed by atoms with E-state index >= 15 is 0 Å². The molecule has 2 N–H and O–H groups in total. The van der Waals surface area contributed by atoms with Crippen molar-refractivity contribution in [2.24, 2.45) is 0 Å². The quantitative estimate of drug-likeness (QED) is 0.284. The van der Waals surface area contributed by atoms with Gasteiger partial charge < -0.3 is 9.84 Å². The lowest BCUT2D eigenvalue weighted by molar-refractivity contribution is -0.253. The molecular formula is C24H23ClF4N2O2. The molecule has 2 atom stereocenters. The van der Waals surface area contributed by atoms with Gasteiger partial charge in [-0.3, -0.25) is 10.3 Å². The summed E-state index contributed by atoms with van der Waals surface area (Å²) in [6.07, 6.45) is -7.61. The van der Waals surface area contributed by atoms with Crippen molar-refractivity contribution in [2.75, 3.05) is 0 Å². The van der Waals surface area contributed by atoms with Gasteiger partial charge in [0.1, 0.15) is 12.0 Å². The summed E-state index contributed by atoms with van der Waals surface area (Å²) in [5.74, 6) is -0.447. The number of hydrogen-bond acceptors (Lipinski definition) is 4. The molecule has 33 heavy (non-hydrogen) atoms. The fraction of sp³-hybridized carbons (Fsp3) is 0.292. The predicted octanol–water partition coefficient (Wildman–Crippen LogP) is 5.78. The van der Waals surface area contributed by atoms with Crippen LogP contribution in [0.4, 0.5) is 17.6 Å². The molecule has 1 heterocycles. The van der Waals surface area contributed by atoms with E-state index in [-0.39, 0.29) is 6.42 Å². The number of ether oxygens (including phenoxy) is 1. The Kier molecular flexibility index (Phi) is 7.94. The van der Waals surface area contributed by atoms with Crippen molar-refractivity contribution in [3.05, 3.63) is 94.8 Å². The zero-order chi connectivity index (χ0) is 24.1. The molecule has 0 fully saturated rings. The minimum atomic E-state index is -4.66. The van der Waals surface area contributed by atoms with Gasteiger partial charge in [0.05, 0.1) is 16.3 Å². The van der Waals surface area contributed by atoms with Crippen LogP contribution in [-0.4, -0.2) is 28.9 Å². The average Bonchev–Trinajstić information content (AvgIpc) is 2.79. The summed E-state index contributed by atoms with van der Waals surface area (Å²) in [6.45, 7) is 1.77. The van der Waals surface area contributed by atoms with Gasteiger partial charge in [0.25, 0.3) is 0 Å². The molecule has 0 aliphatic rings. The van der Waals surface area contributed by atoms with Crippen molar-refractivity contribution >= 4 is 11.6 Å². The Balaban J connectivity index is 2.18. The fourth-order valence-corrected chi connectivity index (χ4v) is 3.60. The van der Waals surface area contributed by atoms with E-state index in [0.29, 0.717) is 22.7 Å². The van der Waals surface area contributed by atoms with Crippen molar-refractivity contribution in [3.8, 4) is 5.75 Å². The first-order valence-corrected chi connectivity index (χ1v) is 10.6. The van der Waals surface area contributed by atoms with Crippen LogP contribution >= 0.6 is 11.6 Å². The molecule has 1 aromatic heterocycles. The van der Waals surface area contributed by atoms with E-state index in [0.717, 1.165) is 5.56 Å². The zero-order valence-electron chi connectivity index (χ0n) is 17.7. The van der Waals surface area contributed by atoms with Crippen LogP contribution in [0.3, 0.4) is 0 Å². The van der Waals surface area contributed by atoms with Gasteiger partial charge in [0.15, 0.2) is 0 Å². The molecule has 4 nitrogen and oxygen atoms in total. The maximum atomic E-state index is 13.6. The molecule has 0 aliphatic carbocycles. The Hall–Kier alpha value is -2.68. The molecule has 0 radical (unpaired) electrons. The van der Waals surface area contributed by atoms with Crippen LogP contribution < -0.4 is 10.1 Å². The van der Waals surface area contributed by atoms with E-state index in [4.69, 9.17) is 11.6 Å². The lowest BCUT2D eigenvalue weighted by Crippen LogP contribution is -2.51. The third-order valence-corrected chi connectivity index (χ3v) is 5.33. The largest absolute Gasteiger partial charge is 0.461 e. The van der Waals surface area contributed by atoms with Gasteiger partial charge in [0, 0.05) is 12.6 Å². The number of aliphatic hydroxyl groups excluding tert-OH is 1. The summed E-state index contributed by atoms with van der Waals surface area (Å²) in [4.78, 5) is 4.43. The highest BCUT2D eigenvalue weighted by atomic mass is 35.5. The van der Waals surface area contributed by atoms with E-state index in [1.165, 1.54) is 24.4 Å². The monoisotopic (exact) mass is 482 g/mol. The molecule has 176 valence electrons. The highest BCUT2D eigenvalue weighted by molar-refractivity contribution is 6.30. The lowest BCUT2D eigenvalue weighted by atomic mass is 9.80. The topological polar surface area (TPSA) is 54.4 Å². The van der Waals surface area contributed by atoms with Gasteiger partial charge in [0.2, 0.25) is 0 Å². The molecule has 0 saturated heterocycles. The molecule has 3 rings (SSSR count). The second-order valence-corrected chi connectivity index (χ2v) is 7.93. The normalized spacial score (nSPS) is 14.7. The van der Waals surface area contributed by atoms with Crippen LogP contribution in [0.2, 0.25) is 5.02 Å². The van der Waals surface area contributed by atoms with Crippen LogP contribution in [0.25, 0.3) is 0 Å². The van der Waals surface area contributed by atoms with Gasteiger partial charge in [-0.2, -0.15) is 17.6 Å². The van der Waals surface area contributed by atoms with Gasteiger partial charge in [-0.05, 0) is 41.8 Å². The maximum Gasteiger partial charge on any atom is 0.461 e. The molecule has 3 aromatic rings. The van der Waals surface area contributed by atoms with Crippen molar-refractivity contribution in [3.63, 3.8) is 0 Å². The summed E-state index contributed by atoms with van der Waals surface area (Å²) in [6, 6.07) is 18.0. The number of benzene rings is 2. The minimum absolute atomic E-state index is 0.258. The highest BCUT2D eigenvalue weighted by Gasteiger charge is 2.44. The number of rotatable bonds is 10. The molecule has 9 heteroatoms. The number of hydrogen-bond donors (Lipinski definition) is 2. The highest BCUT2D eigenvalue weighted by Crippen LogP contribution is 2.36. The molecule has 0 saturated carbocycles. The van der Waals surface area contributed by atoms with Crippen molar-refractivity contribution in [2.45, 2.75) is 44.1 Å². The predicted molar refractivity (Wildman–Crippen MR) is 118 cm³/mol. The Bertz CT molecular complexity index is 1040. The number of halogens is 5. The molecule has 0 bridgehead atoms. The summed E-state index contributed by atoms with van der Waals surface area (Å²) < 4.78 is 56.9. The summed E-state index contributed by atoms with van der Waals surface area (Å²) >= 11 is 6.02. The van der Waals surface area contributed by atoms with Crippen LogP contribution in [0.1, 0.15) is 30.2 Å². The molecule has 1 unspecified atom stereocenters. The van der Waals surface area contributed by atoms with E-state index in [2.05, 4.69) is 15.0 Å². The summed E-state index contributed by atoms with van der Waals surface area (Å²) in [5, 5.41) is 14.1. The summed E-state index contributed by atoms with van der Waals surface area (Å²) in [7, 11) is 0. The molecule has 0 aliphatic heterocycles. The lowest BCUT2D eigenvalue weighted by Gasteiger charge is -2.37. The van der Waals surface area contributed by atoms with Gasteiger partial charge in [-0.25, -0.2) is 0 Å². The maximum absolute atomic E-state index is 13.6. The minimum Gasteiger partial charge on any atom is -0.428 e. The van der Waals surface area contributed by atoms with Crippen LogP contribution in [-0.2, 0) is 12.0 Å². The van der Waals surface area contributed by atoms with Crippen LogP contribution in [0.15, 0.2) is 72.9 Å². The van der Waals surface area contributed by atoms with Crippen molar-refractivity contribution in [1.29, 1.82) is 0 Å². The first-order valence-electron chi connectivity index (χ1n) is 10.2. The Labute approximate surface area is 194 Å². The van der Waals surface area contributed by atoms with Crippen LogP contribution in [0, 0.1) is 0 Å². The average molecular weight is 483 g/mol. The third kappa shape index (κ3) is 6.01. The van der Waals surface area contributed by atoms with E-state index in [1.807, 2.05) is 30.3 Å². The Morgan fingerprint density at radius 1 is 1.06 bits per heavy atom. The SMILES string of the molecule is CCC(O)N[C@@](Cc1ccccc1)(c1cccc(OC(F)(F)C(F)F)c1)c1ccc(Cl)cn1. The van der Waals surface area contributed by atoms with E-state index in [9.17, 15) is 22.7 Å². The smallest absolute Gasteiger partial charge is 0.428 e. The summed E-state index contributed by atoms with van der Waals surface area (Å²) in [5.41, 5.74) is 0.465. The van der Waals surface area contributed by atoms with Crippen LogP contribution in [0.5, 0.6) is 5.75 Å². The molecule has 2 aromatic carbocycles. The number of aromatic nitrogens is 1. The van der Waals surface area contributed by atoms with E-state index in [1.54, 1.807) is 25.1 Å². The number of pyridine rings is 1. The molecular weight excluding hydrogens is 460 g/mol. The standard InChI is InChI=1S/C24H23ClF4N2O2/c1-2-21(32)31-23(14-16-7-4-3-5-8-16,20-12-11-18(25)15-30-20)17-9-6-10-19(13-17)33-24(28,29)22(26)27/h3-13,15,21-22,31-32H,2,14H2,1H3/t21?,23-/m0/s1. The van der Waals surface area contributed by atoms with Gasteiger partial charge >= 0.3 is 12.5 Å². The van der Waals surface area contributed by atoms with Crippen molar-refractivity contribution in [1.82, 2.24) is 10.3 Å². The van der Waals surface area contributed by atoms with Gasteiger partial charge in [-0.1, -0.05) is 61.0 Å². The van der Waals surface area contributed by atoms with Gasteiger partial charge in [-0.15, -0.1) is 0 Å². The first-order chi connectivity index (χ1) is 15.7.